The Kier molecular flexibility index (Phi) is 4.62. The number of imide groups is 1. The van der Waals surface area contributed by atoms with E-state index in [9.17, 15) is 14.4 Å². The first-order chi connectivity index (χ1) is 13.1. The van der Waals surface area contributed by atoms with E-state index in [1.54, 1.807) is 0 Å². The molecular weight excluding hydrogens is 346 g/mol. The molecule has 0 spiro atoms. The number of nitrogens with zero attached hydrogens (tertiary/aromatic N) is 2. The highest BCUT2D eigenvalue weighted by atomic mass is 16.2. The molecule has 2 aliphatic heterocycles. The molecule has 0 radical (unpaired) electrons. The van der Waals surface area contributed by atoms with Gasteiger partial charge in [0.2, 0.25) is 5.91 Å². The molecule has 1 saturated heterocycles. The number of hydrogen-bond donors (Lipinski definition) is 3. The zero-order chi connectivity index (χ0) is 18.8. The maximum Gasteiger partial charge on any atom is 0.322 e. The highest BCUT2D eigenvalue weighted by molar-refractivity contribution is 6.04. The molecule has 27 heavy (non-hydrogen) atoms. The van der Waals surface area contributed by atoms with Crippen LogP contribution in [0.1, 0.15) is 24.1 Å². The van der Waals surface area contributed by atoms with Crippen LogP contribution in [0.15, 0.2) is 30.3 Å². The number of nitrogens with one attached hydrogen (secondary N) is 3. The molecule has 2 aliphatic rings. The molecule has 0 saturated carbocycles. The maximum absolute atomic E-state index is 12.6. The minimum atomic E-state index is -0.616. The van der Waals surface area contributed by atoms with Crippen molar-refractivity contribution < 1.29 is 14.4 Å². The minimum Gasteiger partial charge on any atom is -0.342 e. The molecule has 0 unspecified atom stereocenters. The Morgan fingerprint density at radius 2 is 1.93 bits per heavy atom. The third kappa shape index (κ3) is 3.55. The van der Waals surface area contributed by atoms with Crippen molar-refractivity contribution in [2.45, 2.75) is 31.7 Å². The lowest BCUT2D eigenvalue weighted by atomic mass is 10.0. The summed E-state index contributed by atoms with van der Waals surface area (Å²) in [5.74, 6) is -0.361. The number of benzene rings is 1. The lowest BCUT2D eigenvalue weighted by Gasteiger charge is -2.21. The molecule has 1 atom stereocenters. The lowest BCUT2D eigenvalue weighted by Crippen LogP contribution is -2.36. The Morgan fingerprint density at radius 3 is 2.67 bits per heavy atom. The van der Waals surface area contributed by atoms with Crippen LogP contribution in [-0.2, 0) is 22.4 Å². The van der Waals surface area contributed by atoms with Gasteiger partial charge in [0.15, 0.2) is 0 Å². The van der Waals surface area contributed by atoms with Gasteiger partial charge in [-0.1, -0.05) is 30.3 Å². The van der Waals surface area contributed by atoms with E-state index < -0.39 is 12.1 Å². The molecule has 1 aromatic carbocycles. The van der Waals surface area contributed by atoms with E-state index in [-0.39, 0.29) is 18.2 Å². The van der Waals surface area contributed by atoms with Crippen molar-refractivity contribution in [3.63, 3.8) is 0 Å². The van der Waals surface area contributed by atoms with Gasteiger partial charge in [-0.25, -0.2) is 4.79 Å². The molecule has 1 aromatic heterocycles. The first-order valence-electron chi connectivity index (χ1n) is 9.12. The van der Waals surface area contributed by atoms with Crippen molar-refractivity contribution in [3.05, 3.63) is 41.6 Å². The summed E-state index contributed by atoms with van der Waals surface area (Å²) in [5, 5.41) is 12.3. The van der Waals surface area contributed by atoms with Gasteiger partial charge in [0.1, 0.15) is 6.04 Å². The van der Waals surface area contributed by atoms with Gasteiger partial charge < -0.3 is 10.2 Å². The summed E-state index contributed by atoms with van der Waals surface area (Å²) in [6, 6.07) is 8.90. The fourth-order valence-corrected chi connectivity index (χ4v) is 3.65. The summed E-state index contributed by atoms with van der Waals surface area (Å²) in [7, 11) is 0. The summed E-state index contributed by atoms with van der Waals surface area (Å²) in [5.41, 5.74) is 4.26. The number of aromatic amines is 1. The van der Waals surface area contributed by atoms with Gasteiger partial charge in [0.05, 0.1) is 5.69 Å². The summed E-state index contributed by atoms with van der Waals surface area (Å²) >= 11 is 0. The molecule has 8 nitrogen and oxygen atoms in total. The zero-order valence-electron chi connectivity index (χ0n) is 14.8. The smallest absolute Gasteiger partial charge is 0.322 e. The monoisotopic (exact) mass is 367 g/mol. The number of carbonyl (C=O) groups excluding carboxylic acids is 3. The summed E-state index contributed by atoms with van der Waals surface area (Å²) in [4.78, 5) is 37.1. The Labute approximate surface area is 156 Å². The van der Waals surface area contributed by atoms with Crippen molar-refractivity contribution in [2.75, 3.05) is 13.1 Å². The van der Waals surface area contributed by atoms with Gasteiger partial charge in [0, 0.05) is 42.8 Å². The predicted molar refractivity (Wildman–Crippen MR) is 97.7 cm³/mol. The van der Waals surface area contributed by atoms with Crippen LogP contribution in [0.3, 0.4) is 0 Å². The van der Waals surface area contributed by atoms with Gasteiger partial charge in [0.25, 0.3) is 5.91 Å². The second-order valence-electron chi connectivity index (χ2n) is 6.83. The van der Waals surface area contributed by atoms with Crippen LogP contribution in [0.2, 0.25) is 0 Å². The molecule has 8 heteroatoms. The third-order valence-electron chi connectivity index (χ3n) is 5.12. The third-order valence-corrected chi connectivity index (χ3v) is 5.12. The maximum atomic E-state index is 12.6. The summed E-state index contributed by atoms with van der Waals surface area (Å²) < 4.78 is 0. The van der Waals surface area contributed by atoms with Crippen LogP contribution in [0, 0.1) is 0 Å². The van der Waals surface area contributed by atoms with E-state index in [2.05, 4.69) is 20.8 Å². The quantitative estimate of drug-likeness (QED) is 0.701. The van der Waals surface area contributed by atoms with Crippen LogP contribution in [-0.4, -0.2) is 52.1 Å². The van der Waals surface area contributed by atoms with E-state index in [4.69, 9.17) is 0 Å². The van der Waals surface area contributed by atoms with Gasteiger partial charge in [-0.15, -0.1) is 0 Å². The lowest BCUT2D eigenvalue weighted by molar-refractivity contribution is -0.131. The van der Waals surface area contributed by atoms with E-state index in [1.807, 2.05) is 35.2 Å². The van der Waals surface area contributed by atoms with Gasteiger partial charge in [-0.3, -0.25) is 20.0 Å². The summed E-state index contributed by atoms with van der Waals surface area (Å²) in [6.07, 6.45) is 2.01. The van der Waals surface area contributed by atoms with Gasteiger partial charge in [-0.2, -0.15) is 5.10 Å². The number of amides is 4. The number of hydrogen-bond acceptors (Lipinski definition) is 4. The average molecular weight is 367 g/mol. The highest BCUT2D eigenvalue weighted by Crippen LogP contribution is 2.26. The number of urea groups is 1. The number of rotatable bonds is 4. The minimum absolute atomic E-state index is 0.00308. The Morgan fingerprint density at radius 1 is 1.15 bits per heavy atom. The first kappa shape index (κ1) is 17.3. The van der Waals surface area contributed by atoms with E-state index in [0.717, 1.165) is 29.8 Å². The predicted octanol–water partition coefficient (Wildman–Crippen LogP) is 0.992. The van der Waals surface area contributed by atoms with Crippen molar-refractivity contribution >= 4 is 17.8 Å². The first-order valence-corrected chi connectivity index (χ1v) is 9.12. The van der Waals surface area contributed by atoms with Crippen LogP contribution in [0.25, 0.3) is 11.3 Å². The number of H-pyrrole nitrogens is 1. The highest BCUT2D eigenvalue weighted by Gasteiger charge is 2.30. The Hall–Kier alpha value is -3.16. The summed E-state index contributed by atoms with van der Waals surface area (Å²) in [6.45, 7) is 1.24. The second-order valence-corrected chi connectivity index (χ2v) is 6.83. The van der Waals surface area contributed by atoms with Crippen LogP contribution >= 0.6 is 0 Å². The standard InChI is InChI=1S/C19H21N5O3/c25-16(7-6-15-18(26)21-19(27)20-15)24-10-8-13-14(9-11-24)22-23-17(13)12-4-2-1-3-5-12/h1-5,15H,6-11H2,(H,22,23)(H2,20,21,26,27)/t15-/m0/s1. The molecule has 0 aliphatic carbocycles. The molecule has 4 rings (SSSR count). The van der Waals surface area contributed by atoms with Crippen LogP contribution in [0.5, 0.6) is 0 Å². The molecule has 1 fully saturated rings. The number of aromatic nitrogens is 2. The molecule has 2 aromatic rings. The molecule has 4 amide bonds. The van der Waals surface area contributed by atoms with Crippen molar-refractivity contribution in [2.24, 2.45) is 0 Å². The zero-order valence-corrected chi connectivity index (χ0v) is 14.8. The van der Waals surface area contributed by atoms with Crippen molar-refractivity contribution in [1.29, 1.82) is 0 Å². The number of carbonyl (C=O) groups is 3. The molecular formula is C19H21N5O3. The van der Waals surface area contributed by atoms with Crippen LogP contribution in [0.4, 0.5) is 4.79 Å². The molecule has 0 bridgehead atoms. The second kappa shape index (κ2) is 7.22. The Balaban J connectivity index is 1.39. The van der Waals surface area contributed by atoms with E-state index in [0.29, 0.717) is 19.5 Å². The Bertz CT molecular complexity index is 877. The molecule has 3 heterocycles. The van der Waals surface area contributed by atoms with Gasteiger partial charge >= 0.3 is 6.03 Å². The van der Waals surface area contributed by atoms with Crippen molar-refractivity contribution in [3.8, 4) is 11.3 Å². The van der Waals surface area contributed by atoms with Crippen molar-refractivity contribution in [1.82, 2.24) is 25.7 Å². The molecule has 3 N–H and O–H groups in total. The van der Waals surface area contributed by atoms with E-state index in [1.165, 1.54) is 5.56 Å². The fourth-order valence-electron chi connectivity index (χ4n) is 3.65. The van der Waals surface area contributed by atoms with Gasteiger partial charge in [-0.05, 0) is 12.8 Å². The fraction of sp³-hybridized carbons (Fsp3) is 0.368. The number of fused-ring (bicyclic) bond motifs is 1. The van der Waals surface area contributed by atoms with E-state index >= 15 is 0 Å². The largest absolute Gasteiger partial charge is 0.342 e. The average Bonchev–Trinajstić information content (AvgIpc) is 3.15. The normalized spacial score (nSPS) is 19.3. The van der Waals surface area contributed by atoms with Crippen LogP contribution < -0.4 is 10.6 Å². The molecule has 140 valence electrons. The SMILES string of the molecule is O=C1NC(=O)[C@H](CCC(=O)N2CCc3[nH]nc(-c4ccccc4)c3CC2)N1. The topological polar surface area (TPSA) is 107 Å².